The number of nitrogen functional groups attached to an aromatic ring is 1. The third-order valence-electron chi connectivity index (χ3n) is 6.56. The summed E-state index contributed by atoms with van der Waals surface area (Å²) in [6.45, 7) is 0. The Hall–Kier alpha value is -2.28. The molecule has 0 saturated heterocycles. The van der Waals surface area contributed by atoms with E-state index in [4.69, 9.17) is 15.9 Å². The molecular formula is C21H28ClN3O4. The SMILES string of the molecule is Cl.N=C(N)c1cccc(C[C@H](NC(=O)OC23CC4CC(CC(C4)C2)C3)C(=O)O)c1. The zero-order valence-electron chi connectivity index (χ0n) is 16.2. The summed E-state index contributed by atoms with van der Waals surface area (Å²) in [5.41, 5.74) is 6.31. The molecule has 4 aliphatic rings. The van der Waals surface area contributed by atoms with Crippen LogP contribution >= 0.6 is 12.4 Å². The van der Waals surface area contributed by atoms with Crippen molar-refractivity contribution >= 4 is 30.3 Å². The molecule has 4 bridgehead atoms. The van der Waals surface area contributed by atoms with E-state index in [1.165, 1.54) is 19.3 Å². The van der Waals surface area contributed by atoms with Gasteiger partial charge >= 0.3 is 12.1 Å². The van der Waals surface area contributed by atoms with Crippen LogP contribution in [0.25, 0.3) is 0 Å². The third kappa shape index (κ3) is 4.66. The number of rotatable bonds is 6. The first-order chi connectivity index (χ1) is 13.3. The second-order valence-electron chi connectivity index (χ2n) is 8.84. The molecule has 1 aromatic carbocycles. The molecule has 5 rings (SSSR count). The molecule has 5 N–H and O–H groups in total. The van der Waals surface area contributed by atoms with Gasteiger partial charge in [0, 0.05) is 12.0 Å². The Morgan fingerprint density at radius 1 is 1.21 bits per heavy atom. The zero-order chi connectivity index (χ0) is 19.9. The smallest absolute Gasteiger partial charge is 0.408 e. The van der Waals surface area contributed by atoms with Crippen molar-refractivity contribution in [2.24, 2.45) is 23.5 Å². The summed E-state index contributed by atoms with van der Waals surface area (Å²) in [5.74, 6) is 0.731. The van der Waals surface area contributed by atoms with Gasteiger partial charge in [0.05, 0.1) is 0 Å². The van der Waals surface area contributed by atoms with Gasteiger partial charge in [-0.15, -0.1) is 12.4 Å². The maximum atomic E-state index is 12.6. The van der Waals surface area contributed by atoms with Crippen LogP contribution in [0.2, 0.25) is 0 Å². The van der Waals surface area contributed by atoms with Crippen LogP contribution in [0.1, 0.15) is 49.7 Å². The Balaban J connectivity index is 0.00000240. The molecule has 0 radical (unpaired) electrons. The number of carboxylic acids is 1. The molecule has 1 atom stereocenters. The first kappa shape index (κ1) is 21.4. The number of aliphatic carboxylic acids is 1. The number of nitrogens with one attached hydrogen (secondary N) is 2. The summed E-state index contributed by atoms with van der Waals surface area (Å²) in [4.78, 5) is 24.2. The fourth-order valence-electron chi connectivity index (χ4n) is 5.83. The third-order valence-corrected chi connectivity index (χ3v) is 6.56. The molecule has 0 aliphatic heterocycles. The number of hydrogen-bond donors (Lipinski definition) is 4. The topological polar surface area (TPSA) is 126 Å². The minimum atomic E-state index is -1.12. The van der Waals surface area contributed by atoms with E-state index in [-0.39, 0.29) is 24.7 Å². The van der Waals surface area contributed by atoms with E-state index in [0.29, 0.717) is 28.9 Å². The molecule has 158 valence electrons. The van der Waals surface area contributed by atoms with E-state index >= 15 is 0 Å². The monoisotopic (exact) mass is 421 g/mol. The number of hydrogen-bond acceptors (Lipinski definition) is 4. The number of nitrogens with two attached hydrogens (primary N) is 1. The van der Waals surface area contributed by atoms with Crippen LogP contribution < -0.4 is 11.1 Å². The van der Waals surface area contributed by atoms with Crippen LogP contribution in [0.3, 0.4) is 0 Å². The van der Waals surface area contributed by atoms with E-state index in [1.54, 1.807) is 24.3 Å². The van der Waals surface area contributed by atoms with Crippen molar-refractivity contribution in [2.45, 2.75) is 56.6 Å². The Bertz CT molecular complexity index is 778. The molecule has 29 heavy (non-hydrogen) atoms. The maximum absolute atomic E-state index is 12.6. The molecule has 0 unspecified atom stereocenters. The highest BCUT2D eigenvalue weighted by atomic mass is 35.5. The Morgan fingerprint density at radius 3 is 2.31 bits per heavy atom. The van der Waals surface area contributed by atoms with Gasteiger partial charge in [-0.2, -0.15) is 0 Å². The lowest BCUT2D eigenvalue weighted by Crippen LogP contribution is -2.55. The molecule has 1 amide bonds. The van der Waals surface area contributed by atoms with Gasteiger partial charge in [0.15, 0.2) is 0 Å². The molecule has 4 aliphatic carbocycles. The number of carbonyl (C=O) groups is 2. The number of benzene rings is 1. The summed E-state index contributed by atoms with van der Waals surface area (Å²) in [6, 6.07) is 5.75. The van der Waals surface area contributed by atoms with E-state index in [9.17, 15) is 14.7 Å². The highest BCUT2D eigenvalue weighted by molar-refractivity contribution is 5.95. The first-order valence-electron chi connectivity index (χ1n) is 9.97. The molecule has 4 saturated carbocycles. The predicted molar refractivity (Wildman–Crippen MR) is 110 cm³/mol. The van der Waals surface area contributed by atoms with Gasteiger partial charge in [0.1, 0.15) is 17.5 Å². The van der Waals surface area contributed by atoms with Gasteiger partial charge in [-0.05, 0) is 67.9 Å². The standard InChI is InChI=1S/C21H27N3O4.ClH/c22-18(23)16-3-1-2-12(7-16)8-17(19(25)26)24-20(27)28-21-9-13-4-14(10-21)6-15(5-13)11-21;/h1-3,7,13-15,17H,4-6,8-11H2,(H3,22,23)(H,24,27)(H,25,26);1H/t13?,14?,15?,17-,21?;/m0./s1. The highest BCUT2D eigenvalue weighted by Gasteiger charge is 2.53. The van der Waals surface area contributed by atoms with E-state index in [1.807, 2.05) is 0 Å². The largest absolute Gasteiger partial charge is 0.480 e. The van der Waals surface area contributed by atoms with Crippen molar-refractivity contribution in [2.75, 3.05) is 0 Å². The fourth-order valence-corrected chi connectivity index (χ4v) is 5.83. The number of alkyl carbamates (subject to hydrolysis) is 1. The lowest BCUT2D eigenvalue weighted by molar-refractivity contribution is -0.141. The Morgan fingerprint density at radius 2 is 1.79 bits per heavy atom. The Labute approximate surface area is 176 Å². The zero-order valence-corrected chi connectivity index (χ0v) is 17.0. The minimum absolute atomic E-state index is 0. The second kappa shape index (κ2) is 8.22. The fraction of sp³-hybridized carbons (Fsp3) is 0.571. The number of amides is 1. The van der Waals surface area contributed by atoms with Gasteiger partial charge in [-0.3, -0.25) is 5.41 Å². The van der Waals surface area contributed by atoms with Crippen molar-refractivity contribution in [3.63, 3.8) is 0 Å². The number of carbonyl (C=O) groups excluding carboxylic acids is 1. The average Bonchev–Trinajstić information content (AvgIpc) is 2.59. The second-order valence-corrected chi connectivity index (χ2v) is 8.84. The van der Waals surface area contributed by atoms with Crippen molar-refractivity contribution in [3.05, 3.63) is 35.4 Å². The summed E-state index contributed by atoms with van der Waals surface area (Å²) >= 11 is 0. The van der Waals surface area contributed by atoms with Crippen molar-refractivity contribution in [3.8, 4) is 0 Å². The van der Waals surface area contributed by atoms with Gasteiger partial charge < -0.3 is 20.9 Å². The van der Waals surface area contributed by atoms with Crippen LogP contribution in [-0.4, -0.2) is 34.6 Å². The normalized spacial score (nSPS) is 30.1. The van der Waals surface area contributed by atoms with E-state index in [0.717, 1.165) is 19.3 Å². The molecule has 0 aromatic heterocycles. The van der Waals surface area contributed by atoms with Crippen molar-refractivity contribution in [1.29, 1.82) is 5.41 Å². The lowest BCUT2D eigenvalue weighted by Gasteiger charge is -2.55. The van der Waals surface area contributed by atoms with Crippen LogP contribution in [0.5, 0.6) is 0 Å². The van der Waals surface area contributed by atoms with Gasteiger partial charge in [0.25, 0.3) is 0 Å². The molecule has 0 spiro atoms. The molecule has 4 fully saturated rings. The van der Waals surface area contributed by atoms with Crippen molar-refractivity contribution < 1.29 is 19.4 Å². The Kier molecular flexibility index (Phi) is 6.08. The predicted octanol–water partition coefficient (Wildman–Crippen LogP) is 3.08. The highest BCUT2D eigenvalue weighted by Crippen LogP contribution is 2.57. The molecule has 7 nitrogen and oxygen atoms in total. The van der Waals surface area contributed by atoms with Gasteiger partial charge in [-0.1, -0.05) is 18.2 Å². The summed E-state index contributed by atoms with van der Waals surface area (Å²) in [7, 11) is 0. The van der Waals surface area contributed by atoms with Gasteiger partial charge in [-0.25, -0.2) is 9.59 Å². The minimum Gasteiger partial charge on any atom is -0.480 e. The number of amidine groups is 1. The maximum Gasteiger partial charge on any atom is 0.408 e. The molecule has 8 heteroatoms. The summed E-state index contributed by atoms with van der Waals surface area (Å²) < 4.78 is 5.86. The van der Waals surface area contributed by atoms with E-state index < -0.39 is 23.7 Å². The average molecular weight is 422 g/mol. The lowest BCUT2D eigenvalue weighted by atomic mass is 9.54. The van der Waals surface area contributed by atoms with Crippen LogP contribution in [0, 0.1) is 23.2 Å². The van der Waals surface area contributed by atoms with E-state index in [2.05, 4.69) is 5.32 Å². The number of carboxylic acid groups (broad SMARTS) is 1. The van der Waals surface area contributed by atoms with Crippen LogP contribution in [0.15, 0.2) is 24.3 Å². The summed E-state index contributed by atoms with van der Waals surface area (Å²) in [6.07, 6.45) is 5.92. The number of halogens is 1. The van der Waals surface area contributed by atoms with Crippen molar-refractivity contribution in [1.82, 2.24) is 5.32 Å². The quantitative estimate of drug-likeness (QED) is 0.415. The summed E-state index contributed by atoms with van der Waals surface area (Å²) in [5, 5.41) is 19.6. The first-order valence-corrected chi connectivity index (χ1v) is 9.97. The van der Waals surface area contributed by atoms with Crippen LogP contribution in [0.4, 0.5) is 4.79 Å². The van der Waals surface area contributed by atoms with Gasteiger partial charge in [0.2, 0.25) is 0 Å². The van der Waals surface area contributed by atoms with Crippen LogP contribution in [-0.2, 0) is 16.0 Å². The molecular weight excluding hydrogens is 394 g/mol. The number of ether oxygens (including phenoxy) is 1. The molecule has 0 heterocycles. The molecule has 1 aromatic rings.